The summed E-state index contributed by atoms with van der Waals surface area (Å²) in [6.07, 6.45) is 0. The molecule has 1 aliphatic heterocycles. The molecule has 1 aliphatic rings. The predicted octanol–water partition coefficient (Wildman–Crippen LogP) is 2.98. The summed E-state index contributed by atoms with van der Waals surface area (Å²) in [6.45, 7) is 0. The van der Waals surface area contributed by atoms with Crippen LogP contribution in [0.1, 0.15) is 17.0 Å². The third kappa shape index (κ3) is 2.24. The smallest absolute Gasteiger partial charge is 0.344 e. The second-order valence-electron chi connectivity index (χ2n) is 5.53. The number of fused-ring (bicyclic) bond motifs is 3. The summed E-state index contributed by atoms with van der Waals surface area (Å²) in [5.74, 6) is -0.837. The van der Waals surface area contributed by atoms with E-state index in [1.165, 1.54) is 11.4 Å². The molecule has 2 aromatic heterocycles. The van der Waals surface area contributed by atoms with Gasteiger partial charge in [-0.2, -0.15) is 5.26 Å². The number of allylic oxidation sites excluding steroid dienone is 1. The Balaban J connectivity index is 2.05. The van der Waals surface area contributed by atoms with E-state index in [9.17, 15) is 20.2 Å². The molecule has 3 aromatic rings. The minimum absolute atomic E-state index is 0.00720. The highest BCUT2D eigenvalue weighted by atomic mass is 32.1. The van der Waals surface area contributed by atoms with Crippen molar-refractivity contribution in [3.05, 3.63) is 78.8 Å². The van der Waals surface area contributed by atoms with Gasteiger partial charge in [-0.1, -0.05) is 23.5 Å². The fraction of sp³-hybridized carbons (Fsp3) is 0.0588. The number of ether oxygens (including phenoxy) is 1. The summed E-state index contributed by atoms with van der Waals surface area (Å²) >= 11 is 0.904. The maximum absolute atomic E-state index is 12.6. The number of benzene rings is 1. The average Bonchev–Trinajstić information content (AvgIpc) is 3.11. The lowest BCUT2D eigenvalue weighted by molar-refractivity contribution is -0.380. The van der Waals surface area contributed by atoms with Crippen LogP contribution in [-0.2, 0) is 0 Å². The molecule has 9 heteroatoms. The number of nitro groups is 1. The van der Waals surface area contributed by atoms with Crippen molar-refractivity contribution in [2.24, 2.45) is 5.73 Å². The normalized spacial score (nSPS) is 16.0. The highest BCUT2D eigenvalue weighted by molar-refractivity contribution is 7.13. The van der Waals surface area contributed by atoms with Crippen LogP contribution in [-0.4, -0.2) is 4.92 Å². The zero-order valence-corrected chi connectivity index (χ0v) is 13.8. The molecule has 8 nitrogen and oxygen atoms in total. The molecular formula is C17H9N3O5S. The second-order valence-corrected chi connectivity index (χ2v) is 6.42. The summed E-state index contributed by atoms with van der Waals surface area (Å²) < 4.78 is 10.9. The molecule has 1 aromatic carbocycles. The van der Waals surface area contributed by atoms with E-state index in [1.807, 2.05) is 6.07 Å². The second kappa shape index (κ2) is 5.72. The van der Waals surface area contributed by atoms with Crippen LogP contribution in [0, 0.1) is 21.4 Å². The maximum atomic E-state index is 12.6. The van der Waals surface area contributed by atoms with Gasteiger partial charge in [0.05, 0.1) is 21.8 Å². The van der Waals surface area contributed by atoms with Crippen molar-refractivity contribution >= 4 is 27.3 Å². The number of hydrogen-bond donors (Lipinski definition) is 1. The first kappa shape index (κ1) is 15.9. The Morgan fingerprint density at radius 2 is 2.12 bits per heavy atom. The summed E-state index contributed by atoms with van der Waals surface area (Å²) in [6, 6.07) is 10.0. The molecule has 128 valence electrons. The van der Waals surface area contributed by atoms with Gasteiger partial charge in [0.15, 0.2) is 5.75 Å². The van der Waals surface area contributed by atoms with Gasteiger partial charge in [0.25, 0.3) is 0 Å². The third-order valence-electron chi connectivity index (χ3n) is 4.09. The quantitative estimate of drug-likeness (QED) is 0.418. The monoisotopic (exact) mass is 367 g/mol. The number of nitrogens with two attached hydrogens (primary N) is 1. The maximum Gasteiger partial charge on any atom is 0.344 e. The largest absolute Gasteiger partial charge is 0.439 e. The molecule has 26 heavy (non-hydrogen) atoms. The van der Waals surface area contributed by atoms with Crippen molar-refractivity contribution in [2.45, 2.75) is 5.92 Å². The zero-order chi connectivity index (χ0) is 18.4. The average molecular weight is 367 g/mol. The van der Waals surface area contributed by atoms with E-state index in [-0.39, 0.29) is 27.8 Å². The van der Waals surface area contributed by atoms with Crippen molar-refractivity contribution < 1.29 is 14.1 Å². The van der Waals surface area contributed by atoms with E-state index in [1.54, 1.807) is 24.3 Å². The lowest BCUT2D eigenvalue weighted by atomic mass is 9.85. The van der Waals surface area contributed by atoms with Gasteiger partial charge in [-0.05, 0) is 17.7 Å². The molecule has 2 N–H and O–H groups in total. The topological polar surface area (TPSA) is 132 Å². The van der Waals surface area contributed by atoms with Crippen LogP contribution >= 0.6 is 11.3 Å². The SMILES string of the molecule is N#CC1=C(N)Oc2c(c(=O)oc3ccccc23)C1c1csc([N+](=O)[O-])c1. The van der Waals surface area contributed by atoms with Crippen molar-refractivity contribution in [2.75, 3.05) is 0 Å². The lowest BCUT2D eigenvalue weighted by Crippen LogP contribution is -2.26. The molecule has 4 rings (SSSR count). The van der Waals surface area contributed by atoms with Crippen LogP contribution in [0.5, 0.6) is 5.75 Å². The molecule has 0 saturated heterocycles. The minimum atomic E-state index is -0.894. The summed E-state index contributed by atoms with van der Waals surface area (Å²) in [5.41, 5.74) is 6.06. The number of thiophene rings is 1. The Hall–Kier alpha value is -3.64. The van der Waals surface area contributed by atoms with Crippen LogP contribution in [0.15, 0.2) is 56.4 Å². The van der Waals surface area contributed by atoms with Crippen LogP contribution in [0.2, 0.25) is 0 Å². The molecular weight excluding hydrogens is 358 g/mol. The van der Waals surface area contributed by atoms with Crippen molar-refractivity contribution in [3.63, 3.8) is 0 Å². The molecule has 0 amide bonds. The van der Waals surface area contributed by atoms with E-state index in [0.29, 0.717) is 16.5 Å². The first-order valence-corrected chi connectivity index (χ1v) is 8.25. The van der Waals surface area contributed by atoms with E-state index < -0.39 is 16.5 Å². The first-order valence-electron chi connectivity index (χ1n) is 7.37. The summed E-state index contributed by atoms with van der Waals surface area (Å²) in [4.78, 5) is 23.1. The third-order valence-corrected chi connectivity index (χ3v) is 4.99. The fourth-order valence-electron chi connectivity index (χ4n) is 2.99. The Bertz CT molecular complexity index is 1200. The number of nitrogens with zero attached hydrogens (tertiary/aromatic N) is 2. The lowest BCUT2D eigenvalue weighted by Gasteiger charge is -2.25. The minimum Gasteiger partial charge on any atom is -0.439 e. The Kier molecular flexibility index (Phi) is 3.49. The van der Waals surface area contributed by atoms with Gasteiger partial charge in [0, 0.05) is 11.4 Å². The van der Waals surface area contributed by atoms with Crippen LogP contribution in [0.4, 0.5) is 5.00 Å². The number of hydrogen-bond acceptors (Lipinski definition) is 8. The van der Waals surface area contributed by atoms with Crippen molar-refractivity contribution in [1.29, 1.82) is 5.26 Å². The first-order chi connectivity index (χ1) is 12.5. The summed E-state index contributed by atoms with van der Waals surface area (Å²) in [7, 11) is 0. The molecule has 0 spiro atoms. The van der Waals surface area contributed by atoms with Gasteiger partial charge in [-0.25, -0.2) is 4.79 Å². The molecule has 0 bridgehead atoms. The molecule has 0 radical (unpaired) electrons. The van der Waals surface area contributed by atoms with Crippen LogP contribution in [0.25, 0.3) is 11.0 Å². The number of para-hydroxylation sites is 1. The van der Waals surface area contributed by atoms with Gasteiger partial charge in [0.1, 0.15) is 17.2 Å². The van der Waals surface area contributed by atoms with E-state index in [0.717, 1.165) is 11.3 Å². The molecule has 0 saturated carbocycles. The van der Waals surface area contributed by atoms with Gasteiger partial charge in [-0.15, -0.1) is 0 Å². The predicted molar refractivity (Wildman–Crippen MR) is 92.8 cm³/mol. The van der Waals surface area contributed by atoms with Gasteiger partial charge in [-0.3, -0.25) is 10.1 Å². The standard InChI is InChI=1S/C17H9N3O5S/c18-6-10-13(8-5-12(20(22)23)26-7-8)14-15(25-16(10)19)9-3-1-2-4-11(9)24-17(14)21/h1-5,7,13H,19H2. The van der Waals surface area contributed by atoms with Crippen molar-refractivity contribution in [1.82, 2.24) is 0 Å². The molecule has 3 heterocycles. The van der Waals surface area contributed by atoms with Crippen LogP contribution in [0.3, 0.4) is 0 Å². The Morgan fingerprint density at radius 3 is 2.81 bits per heavy atom. The Labute approximate surface area is 149 Å². The zero-order valence-electron chi connectivity index (χ0n) is 13.0. The van der Waals surface area contributed by atoms with Crippen LogP contribution < -0.4 is 16.1 Å². The van der Waals surface area contributed by atoms with E-state index >= 15 is 0 Å². The molecule has 1 unspecified atom stereocenters. The highest BCUT2D eigenvalue weighted by Gasteiger charge is 2.36. The summed E-state index contributed by atoms with van der Waals surface area (Å²) in [5, 5.41) is 22.5. The van der Waals surface area contributed by atoms with Gasteiger partial charge < -0.3 is 14.9 Å². The number of rotatable bonds is 2. The van der Waals surface area contributed by atoms with Gasteiger partial charge in [0.2, 0.25) is 5.88 Å². The van der Waals surface area contributed by atoms with E-state index in [2.05, 4.69) is 0 Å². The highest BCUT2D eigenvalue weighted by Crippen LogP contribution is 2.45. The fourth-order valence-corrected chi connectivity index (χ4v) is 3.74. The molecule has 0 fully saturated rings. The Morgan fingerprint density at radius 1 is 1.35 bits per heavy atom. The number of nitriles is 1. The molecule has 0 aliphatic carbocycles. The van der Waals surface area contributed by atoms with Crippen molar-refractivity contribution in [3.8, 4) is 11.8 Å². The molecule has 1 atom stereocenters. The van der Waals surface area contributed by atoms with Gasteiger partial charge >= 0.3 is 10.6 Å². The van der Waals surface area contributed by atoms with E-state index in [4.69, 9.17) is 14.9 Å².